The molecule has 3 N–H and O–H groups in total. The molecule has 1 unspecified atom stereocenters. The Morgan fingerprint density at radius 2 is 2.28 bits per heavy atom. The van der Waals surface area contributed by atoms with Crippen molar-refractivity contribution >= 4 is 11.6 Å². The Morgan fingerprint density at radius 1 is 1.56 bits per heavy atom. The molecule has 0 saturated heterocycles. The van der Waals surface area contributed by atoms with Gasteiger partial charge in [0.05, 0.1) is 11.0 Å². The Morgan fingerprint density at radius 3 is 2.89 bits per heavy atom. The second kappa shape index (κ2) is 6.70. The molecule has 1 atom stereocenters. The van der Waals surface area contributed by atoms with E-state index in [2.05, 4.69) is 5.32 Å². The van der Waals surface area contributed by atoms with Gasteiger partial charge in [-0.15, -0.1) is 0 Å². The third-order valence-electron chi connectivity index (χ3n) is 2.57. The van der Waals surface area contributed by atoms with Gasteiger partial charge in [-0.3, -0.25) is 14.9 Å². The third kappa shape index (κ3) is 4.14. The van der Waals surface area contributed by atoms with Gasteiger partial charge in [-0.25, -0.2) is 0 Å². The van der Waals surface area contributed by atoms with Gasteiger partial charge in [0.2, 0.25) is 5.91 Å². The van der Waals surface area contributed by atoms with Crippen molar-refractivity contribution in [1.29, 1.82) is 0 Å². The Bertz CT molecular complexity index is 434. The fourth-order valence-electron chi connectivity index (χ4n) is 1.57. The highest BCUT2D eigenvalue weighted by Gasteiger charge is 2.12. The van der Waals surface area contributed by atoms with E-state index in [0.29, 0.717) is 24.9 Å². The van der Waals surface area contributed by atoms with Crippen molar-refractivity contribution < 1.29 is 9.72 Å². The highest BCUT2D eigenvalue weighted by atomic mass is 16.6. The minimum Gasteiger partial charge on any atom is -0.350 e. The highest BCUT2D eigenvalue weighted by Crippen LogP contribution is 2.18. The molecule has 1 aromatic rings. The van der Waals surface area contributed by atoms with Gasteiger partial charge in [-0.2, -0.15) is 0 Å². The molecule has 98 valence electrons. The van der Waals surface area contributed by atoms with Crippen molar-refractivity contribution in [3.05, 3.63) is 39.9 Å². The Kier molecular flexibility index (Phi) is 5.26. The summed E-state index contributed by atoms with van der Waals surface area (Å²) in [5.41, 5.74) is 6.05. The standard InChI is InChI=1S/C12H17N3O3/c1-9(14-12(16)6-3-7-13)10-4-2-5-11(8-10)15(17)18/h2,4-5,8-9H,3,6-7,13H2,1H3,(H,14,16). The van der Waals surface area contributed by atoms with Gasteiger partial charge >= 0.3 is 0 Å². The SMILES string of the molecule is CC(NC(=O)CCCN)c1cccc([N+](=O)[O-])c1. The van der Waals surface area contributed by atoms with Crippen LogP contribution >= 0.6 is 0 Å². The number of amides is 1. The average molecular weight is 251 g/mol. The van der Waals surface area contributed by atoms with Gasteiger partial charge in [0.1, 0.15) is 0 Å². The second-order valence-corrected chi connectivity index (χ2v) is 4.03. The molecule has 1 aromatic carbocycles. The van der Waals surface area contributed by atoms with E-state index in [4.69, 9.17) is 5.73 Å². The van der Waals surface area contributed by atoms with Crippen molar-refractivity contribution in [2.75, 3.05) is 6.54 Å². The van der Waals surface area contributed by atoms with Crippen LogP contribution in [0.5, 0.6) is 0 Å². The third-order valence-corrected chi connectivity index (χ3v) is 2.57. The summed E-state index contributed by atoms with van der Waals surface area (Å²) in [7, 11) is 0. The minimum absolute atomic E-state index is 0.0237. The summed E-state index contributed by atoms with van der Waals surface area (Å²) in [4.78, 5) is 21.7. The number of carbonyl (C=O) groups is 1. The van der Waals surface area contributed by atoms with Gasteiger partial charge in [-0.05, 0) is 25.5 Å². The zero-order valence-corrected chi connectivity index (χ0v) is 10.3. The van der Waals surface area contributed by atoms with Crippen molar-refractivity contribution in [2.45, 2.75) is 25.8 Å². The number of hydrogen-bond donors (Lipinski definition) is 2. The molecule has 1 rings (SSSR count). The number of rotatable bonds is 6. The lowest BCUT2D eigenvalue weighted by Crippen LogP contribution is -2.26. The molecule has 0 aromatic heterocycles. The number of benzene rings is 1. The number of nitrogens with one attached hydrogen (secondary N) is 1. The Balaban J connectivity index is 2.66. The van der Waals surface area contributed by atoms with Crippen LogP contribution in [0.2, 0.25) is 0 Å². The molecule has 1 amide bonds. The minimum atomic E-state index is -0.452. The summed E-state index contributed by atoms with van der Waals surface area (Å²) in [6.07, 6.45) is 1.00. The van der Waals surface area contributed by atoms with Crippen LogP contribution < -0.4 is 11.1 Å². The van der Waals surface area contributed by atoms with Crippen LogP contribution in [0.4, 0.5) is 5.69 Å². The maximum absolute atomic E-state index is 11.5. The molecular formula is C12H17N3O3. The first-order chi connectivity index (χ1) is 8.54. The lowest BCUT2D eigenvalue weighted by atomic mass is 10.1. The topological polar surface area (TPSA) is 98.3 Å². The molecule has 0 fully saturated rings. The van der Waals surface area contributed by atoms with Crippen LogP contribution in [0.1, 0.15) is 31.4 Å². The van der Waals surface area contributed by atoms with Gasteiger partial charge in [0.25, 0.3) is 5.69 Å². The molecule has 0 aliphatic heterocycles. The van der Waals surface area contributed by atoms with E-state index >= 15 is 0 Å². The lowest BCUT2D eigenvalue weighted by Gasteiger charge is -2.14. The molecule has 0 heterocycles. The van der Waals surface area contributed by atoms with Crippen LogP contribution in [0, 0.1) is 10.1 Å². The van der Waals surface area contributed by atoms with Gasteiger partial charge < -0.3 is 11.1 Å². The number of nitro benzene ring substituents is 1. The Hall–Kier alpha value is -1.95. The number of carbonyl (C=O) groups excluding carboxylic acids is 1. The maximum atomic E-state index is 11.5. The molecule has 0 bridgehead atoms. The maximum Gasteiger partial charge on any atom is 0.269 e. The van der Waals surface area contributed by atoms with E-state index in [-0.39, 0.29) is 17.6 Å². The van der Waals surface area contributed by atoms with E-state index < -0.39 is 4.92 Å². The van der Waals surface area contributed by atoms with E-state index in [1.54, 1.807) is 19.1 Å². The first kappa shape index (κ1) is 14.1. The quantitative estimate of drug-likeness (QED) is 0.591. The first-order valence-electron chi connectivity index (χ1n) is 5.78. The summed E-state index contributed by atoms with van der Waals surface area (Å²) < 4.78 is 0. The second-order valence-electron chi connectivity index (χ2n) is 4.03. The van der Waals surface area contributed by atoms with E-state index in [1.807, 2.05) is 0 Å². The summed E-state index contributed by atoms with van der Waals surface area (Å²) in [5, 5.41) is 13.4. The van der Waals surface area contributed by atoms with Crippen LogP contribution in [0.25, 0.3) is 0 Å². The highest BCUT2D eigenvalue weighted by molar-refractivity contribution is 5.76. The van der Waals surface area contributed by atoms with Crippen molar-refractivity contribution in [2.24, 2.45) is 5.73 Å². The monoisotopic (exact) mass is 251 g/mol. The number of nitrogens with two attached hydrogens (primary N) is 1. The number of nitro groups is 1. The first-order valence-corrected chi connectivity index (χ1v) is 5.78. The predicted molar refractivity (Wildman–Crippen MR) is 67.9 cm³/mol. The van der Waals surface area contributed by atoms with Crippen LogP contribution in [0.3, 0.4) is 0 Å². The van der Waals surface area contributed by atoms with E-state index in [9.17, 15) is 14.9 Å². The smallest absolute Gasteiger partial charge is 0.269 e. The predicted octanol–water partition coefficient (Wildman–Crippen LogP) is 1.51. The molecule has 0 radical (unpaired) electrons. The van der Waals surface area contributed by atoms with Crippen molar-refractivity contribution in [3.63, 3.8) is 0 Å². The van der Waals surface area contributed by atoms with E-state index in [1.165, 1.54) is 12.1 Å². The van der Waals surface area contributed by atoms with Crippen LogP contribution in [-0.4, -0.2) is 17.4 Å². The van der Waals surface area contributed by atoms with Crippen LogP contribution in [-0.2, 0) is 4.79 Å². The Labute approximate surface area is 105 Å². The largest absolute Gasteiger partial charge is 0.350 e. The lowest BCUT2D eigenvalue weighted by molar-refractivity contribution is -0.384. The normalized spacial score (nSPS) is 11.9. The zero-order chi connectivity index (χ0) is 13.5. The molecule has 18 heavy (non-hydrogen) atoms. The van der Waals surface area contributed by atoms with Gasteiger partial charge in [-0.1, -0.05) is 12.1 Å². The number of hydrogen-bond acceptors (Lipinski definition) is 4. The average Bonchev–Trinajstić information content (AvgIpc) is 2.36. The molecule has 0 spiro atoms. The number of non-ortho nitro benzene ring substituents is 1. The van der Waals surface area contributed by atoms with Gasteiger partial charge in [0.15, 0.2) is 0 Å². The van der Waals surface area contributed by atoms with Crippen LogP contribution in [0.15, 0.2) is 24.3 Å². The molecular weight excluding hydrogens is 234 g/mol. The molecule has 6 heteroatoms. The summed E-state index contributed by atoms with van der Waals surface area (Å²) in [6.45, 7) is 2.26. The molecule has 0 saturated carbocycles. The fraction of sp³-hybridized carbons (Fsp3) is 0.417. The van der Waals surface area contributed by atoms with Crippen molar-refractivity contribution in [1.82, 2.24) is 5.32 Å². The zero-order valence-electron chi connectivity index (χ0n) is 10.3. The summed E-state index contributed by atoms with van der Waals surface area (Å²) in [5.74, 6) is -0.0977. The molecule has 0 aliphatic carbocycles. The van der Waals surface area contributed by atoms with Gasteiger partial charge in [0, 0.05) is 18.6 Å². The molecule has 6 nitrogen and oxygen atoms in total. The summed E-state index contributed by atoms with van der Waals surface area (Å²) >= 11 is 0. The van der Waals surface area contributed by atoms with Crippen molar-refractivity contribution in [3.8, 4) is 0 Å². The number of nitrogens with zero attached hydrogens (tertiary/aromatic N) is 1. The summed E-state index contributed by atoms with van der Waals surface area (Å²) in [6, 6.07) is 5.99. The molecule has 0 aliphatic rings. The fourth-order valence-corrected chi connectivity index (χ4v) is 1.57. The van der Waals surface area contributed by atoms with E-state index in [0.717, 1.165) is 0 Å².